The minimum atomic E-state index is 0.287. The number of nitrogen functional groups attached to an aromatic ring is 1. The van der Waals surface area contributed by atoms with Gasteiger partial charge in [-0.1, -0.05) is 12.1 Å². The average molecular weight is 350 g/mol. The van der Waals surface area contributed by atoms with Gasteiger partial charge in [0.05, 0.1) is 16.1 Å². The zero-order valence-electron chi connectivity index (χ0n) is 9.56. The molecule has 90 valence electrons. The van der Waals surface area contributed by atoms with E-state index in [1.165, 1.54) is 0 Å². The summed E-state index contributed by atoms with van der Waals surface area (Å²) in [4.78, 5) is 0. The molecule has 0 spiro atoms. The third-order valence-electron chi connectivity index (χ3n) is 2.45. The van der Waals surface area contributed by atoms with Crippen molar-refractivity contribution in [2.75, 3.05) is 5.73 Å². The van der Waals surface area contributed by atoms with Crippen molar-refractivity contribution in [2.24, 2.45) is 0 Å². The predicted molar refractivity (Wildman–Crippen MR) is 79.4 cm³/mol. The van der Waals surface area contributed by atoms with E-state index in [9.17, 15) is 0 Å². The van der Waals surface area contributed by atoms with Gasteiger partial charge in [0.2, 0.25) is 0 Å². The van der Waals surface area contributed by atoms with Gasteiger partial charge in [0.25, 0.3) is 0 Å². The van der Waals surface area contributed by atoms with Crippen LogP contribution in [-0.4, -0.2) is 0 Å². The van der Waals surface area contributed by atoms with Gasteiger partial charge in [-0.15, -0.1) is 0 Å². The molecule has 3 nitrogen and oxygen atoms in total. The van der Waals surface area contributed by atoms with Gasteiger partial charge in [0.15, 0.2) is 0 Å². The van der Waals surface area contributed by atoms with Crippen molar-refractivity contribution in [3.05, 3.63) is 51.6 Å². The van der Waals surface area contributed by atoms with Crippen LogP contribution in [0.15, 0.2) is 42.5 Å². The van der Waals surface area contributed by atoms with Gasteiger partial charge in [0.1, 0.15) is 11.5 Å². The summed E-state index contributed by atoms with van der Waals surface area (Å²) in [7, 11) is 0. The Bertz CT molecular complexity index is 605. The third-order valence-corrected chi connectivity index (χ3v) is 3.34. The van der Waals surface area contributed by atoms with Gasteiger partial charge >= 0.3 is 0 Å². The lowest BCUT2D eigenvalue weighted by molar-refractivity contribution is 0.479. The molecule has 0 bridgehead atoms. The maximum atomic E-state index is 8.72. The van der Waals surface area contributed by atoms with Crippen molar-refractivity contribution in [2.45, 2.75) is 6.42 Å². The van der Waals surface area contributed by atoms with Gasteiger partial charge in [-0.05, 0) is 58.5 Å². The first-order valence-corrected chi connectivity index (χ1v) is 6.46. The van der Waals surface area contributed by atoms with Crippen molar-refractivity contribution in [1.29, 1.82) is 5.26 Å². The lowest BCUT2D eigenvalue weighted by Crippen LogP contribution is -1.95. The molecule has 0 atom stereocenters. The summed E-state index contributed by atoms with van der Waals surface area (Å²) >= 11 is 2.22. The second-order valence-corrected chi connectivity index (χ2v) is 4.89. The molecule has 2 aromatic carbocycles. The molecule has 0 aliphatic heterocycles. The number of anilines is 1. The van der Waals surface area contributed by atoms with Crippen molar-refractivity contribution in [1.82, 2.24) is 0 Å². The highest BCUT2D eigenvalue weighted by molar-refractivity contribution is 14.1. The van der Waals surface area contributed by atoms with E-state index in [1.54, 1.807) is 12.1 Å². The van der Waals surface area contributed by atoms with E-state index in [1.807, 2.05) is 30.3 Å². The quantitative estimate of drug-likeness (QED) is 0.678. The van der Waals surface area contributed by atoms with Crippen LogP contribution in [0.1, 0.15) is 5.56 Å². The van der Waals surface area contributed by atoms with Crippen LogP contribution in [0.3, 0.4) is 0 Å². The third kappa shape index (κ3) is 2.93. The summed E-state index contributed by atoms with van der Waals surface area (Å²) < 4.78 is 6.81. The zero-order valence-corrected chi connectivity index (χ0v) is 11.7. The smallest absolute Gasteiger partial charge is 0.140 e. The lowest BCUT2D eigenvalue weighted by atomic mass is 10.1. The number of hydrogen-bond donors (Lipinski definition) is 1. The van der Waals surface area contributed by atoms with Crippen LogP contribution in [0.25, 0.3) is 0 Å². The van der Waals surface area contributed by atoms with Crippen molar-refractivity contribution < 1.29 is 4.74 Å². The number of para-hydroxylation sites is 1. The highest BCUT2D eigenvalue weighted by Gasteiger charge is 2.05. The Hall–Kier alpha value is -1.74. The number of ether oxygens (including phenoxy) is 1. The molecule has 0 unspecified atom stereocenters. The monoisotopic (exact) mass is 350 g/mol. The van der Waals surface area contributed by atoms with Crippen LogP contribution in [0.2, 0.25) is 0 Å². The maximum absolute atomic E-state index is 8.72. The van der Waals surface area contributed by atoms with E-state index in [0.717, 1.165) is 14.9 Å². The van der Waals surface area contributed by atoms with E-state index in [0.29, 0.717) is 11.4 Å². The number of nitrogens with zero attached hydrogens (tertiary/aromatic N) is 1. The molecule has 0 saturated carbocycles. The Morgan fingerprint density at radius 3 is 2.72 bits per heavy atom. The number of rotatable bonds is 3. The lowest BCUT2D eigenvalue weighted by Gasteiger charge is -2.09. The molecule has 0 saturated heterocycles. The van der Waals surface area contributed by atoms with Gasteiger partial charge in [-0.25, -0.2) is 0 Å². The SMILES string of the molecule is N#CCc1cc(Oc2ccccc2I)ccc1N. The standard InChI is InChI=1S/C14H11IN2O/c15-12-3-1-2-4-14(12)18-11-5-6-13(17)10(9-11)7-8-16/h1-6,9H,7,17H2. The maximum Gasteiger partial charge on any atom is 0.140 e. The number of nitrogens with two attached hydrogens (primary N) is 1. The molecular formula is C14H11IN2O. The fourth-order valence-electron chi connectivity index (χ4n) is 1.54. The number of nitriles is 1. The molecule has 18 heavy (non-hydrogen) atoms. The molecule has 0 radical (unpaired) electrons. The van der Waals surface area contributed by atoms with Crippen LogP contribution in [-0.2, 0) is 6.42 Å². The Morgan fingerprint density at radius 1 is 1.22 bits per heavy atom. The summed E-state index contributed by atoms with van der Waals surface area (Å²) in [5, 5.41) is 8.72. The van der Waals surface area contributed by atoms with E-state index in [-0.39, 0.29) is 6.42 Å². The first-order chi connectivity index (χ1) is 8.70. The minimum absolute atomic E-state index is 0.287. The number of benzene rings is 2. The van der Waals surface area contributed by atoms with Gasteiger partial charge in [0, 0.05) is 5.69 Å². The molecule has 0 aromatic heterocycles. The van der Waals surface area contributed by atoms with Crippen LogP contribution in [0.4, 0.5) is 5.69 Å². The van der Waals surface area contributed by atoms with Crippen molar-refractivity contribution >= 4 is 28.3 Å². The Morgan fingerprint density at radius 2 is 2.00 bits per heavy atom. The molecular weight excluding hydrogens is 339 g/mol. The predicted octanol–water partition coefficient (Wildman–Crippen LogP) is 3.73. The molecule has 0 aliphatic rings. The van der Waals surface area contributed by atoms with Gasteiger partial charge in [-0.3, -0.25) is 0 Å². The molecule has 4 heteroatoms. The summed E-state index contributed by atoms with van der Waals surface area (Å²) in [5.74, 6) is 1.49. The minimum Gasteiger partial charge on any atom is -0.456 e. The molecule has 2 N–H and O–H groups in total. The Labute approximate surface area is 119 Å². The molecule has 0 amide bonds. The number of hydrogen-bond acceptors (Lipinski definition) is 3. The van der Waals surface area contributed by atoms with Crippen LogP contribution >= 0.6 is 22.6 Å². The molecule has 0 aliphatic carbocycles. The summed E-state index contributed by atoms with van der Waals surface area (Å²) in [6.45, 7) is 0. The highest BCUT2D eigenvalue weighted by atomic mass is 127. The van der Waals surface area contributed by atoms with Crippen molar-refractivity contribution in [3.63, 3.8) is 0 Å². The first-order valence-electron chi connectivity index (χ1n) is 5.38. The molecule has 2 rings (SSSR count). The largest absolute Gasteiger partial charge is 0.456 e. The fraction of sp³-hybridized carbons (Fsp3) is 0.0714. The summed E-state index contributed by atoms with van der Waals surface area (Å²) in [6, 6.07) is 15.2. The Balaban J connectivity index is 2.28. The van der Waals surface area contributed by atoms with E-state index in [4.69, 9.17) is 15.7 Å². The fourth-order valence-corrected chi connectivity index (χ4v) is 2.04. The highest BCUT2D eigenvalue weighted by Crippen LogP contribution is 2.28. The number of halogens is 1. The van der Waals surface area contributed by atoms with E-state index >= 15 is 0 Å². The molecule has 2 aromatic rings. The zero-order chi connectivity index (χ0) is 13.0. The summed E-state index contributed by atoms with van der Waals surface area (Å²) in [5.41, 5.74) is 7.20. The van der Waals surface area contributed by atoms with E-state index < -0.39 is 0 Å². The second kappa shape index (κ2) is 5.74. The van der Waals surface area contributed by atoms with Crippen LogP contribution < -0.4 is 10.5 Å². The summed E-state index contributed by atoms with van der Waals surface area (Å²) in [6.07, 6.45) is 0.287. The molecule has 0 heterocycles. The average Bonchev–Trinajstić information content (AvgIpc) is 2.36. The molecule has 0 fully saturated rings. The topological polar surface area (TPSA) is 59.0 Å². The van der Waals surface area contributed by atoms with Crippen LogP contribution in [0, 0.1) is 14.9 Å². The van der Waals surface area contributed by atoms with Gasteiger partial charge < -0.3 is 10.5 Å². The Kier molecular flexibility index (Phi) is 4.05. The van der Waals surface area contributed by atoms with Gasteiger partial charge in [-0.2, -0.15) is 5.26 Å². The normalized spacial score (nSPS) is 9.78. The van der Waals surface area contributed by atoms with E-state index in [2.05, 4.69) is 28.7 Å². The van der Waals surface area contributed by atoms with Crippen LogP contribution in [0.5, 0.6) is 11.5 Å². The first kappa shape index (κ1) is 12.7. The second-order valence-electron chi connectivity index (χ2n) is 3.73. The van der Waals surface area contributed by atoms with Crippen molar-refractivity contribution in [3.8, 4) is 17.6 Å².